The standard InChI is InChI=1S/C12H19N3O3S2/c1-7-6-13-10(20-7)8(2)14-12(18)15-9(11(16)17)4-5-19-3/h6,8-9H,4-5H2,1-3H3,(H,16,17)(H2,14,15,18). The highest BCUT2D eigenvalue weighted by molar-refractivity contribution is 7.98. The first kappa shape index (κ1) is 16.8. The Morgan fingerprint density at radius 1 is 1.50 bits per heavy atom. The summed E-state index contributed by atoms with van der Waals surface area (Å²) in [5, 5.41) is 15.0. The fraction of sp³-hybridized carbons (Fsp3) is 0.583. The molecule has 20 heavy (non-hydrogen) atoms. The van der Waals surface area contributed by atoms with Crippen LogP contribution in [0, 0.1) is 6.92 Å². The average Bonchev–Trinajstić information content (AvgIpc) is 2.80. The highest BCUT2D eigenvalue weighted by Crippen LogP contribution is 2.18. The molecule has 0 aliphatic carbocycles. The molecule has 0 aromatic carbocycles. The van der Waals surface area contributed by atoms with Crippen LogP contribution >= 0.6 is 23.1 Å². The van der Waals surface area contributed by atoms with Crippen LogP contribution in [0.1, 0.15) is 29.3 Å². The van der Waals surface area contributed by atoms with E-state index in [1.54, 1.807) is 18.0 Å². The molecule has 3 N–H and O–H groups in total. The van der Waals surface area contributed by atoms with Crippen molar-refractivity contribution in [2.45, 2.75) is 32.4 Å². The molecule has 8 heteroatoms. The van der Waals surface area contributed by atoms with E-state index in [1.807, 2.05) is 20.1 Å². The van der Waals surface area contributed by atoms with Crippen molar-refractivity contribution in [2.24, 2.45) is 0 Å². The quantitative estimate of drug-likeness (QED) is 0.715. The number of aryl methyl sites for hydroxylation is 1. The zero-order valence-corrected chi connectivity index (χ0v) is 13.3. The van der Waals surface area contributed by atoms with Crippen molar-refractivity contribution in [1.29, 1.82) is 0 Å². The first-order valence-electron chi connectivity index (χ1n) is 6.15. The number of rotatable bonds is 7. The van der Waals surface area contributed by atoms with Gasteiger partial charge in [0.15, 0.2) is 0 Å². The predicted molar refractivity (Wildman–Crippen MR) is 81.4 cm³/mol. The monoisotopic (exact) mass is 317 g/mol. The van der Waals surface area contributed by atoms with Gasteiger partial charge in [0.05, 0.1) is 6.04 Å². The summed E-state index contributed by atoms with van der Waals surface area (Å²) < 4.78 is 0. The maximum atomic E-state index is 11.8. The van der Waals surface area contributed by atoms with Gasteiger partial charge in [0.1, 0.15) is 11.0 Å². The van der Waals surface area contributed by atoms with Crippen molar-refractivity contribution < 1.29 is 14.7 Å². The predicted octanol–water partition coefficient (Wildman–Crippen LogP) is 2.02. The molecule has 1 heterocycles. The molecule has 2 amide bonds. The van der Waals surface area contributed by atoms with Gasteiger partial charge in [-0.25, -0.2) is 14.6 Å². The number of amides is 2. The minimum Gasteiger partial charge on any atom is -0.480 e. The van der Waals surface area contributed by atoms with E-state index in [0.29, 0.717) is 12.2 Å². The molecule has 1 rings (SSSR count). The molecule has 1 aromatic rings. The first-order chi connectivity index (χ1) is 9.43. The third-order valence-corrected chi connectivity index (χ3v) is 4.31. The molecule has 0 saturated carbocycles. The van der Waals surface area contributed by atoms with E-state index < -0.39 is 18.0 Å². The van der Waals surface area contributed by atoms with Gasteiger partial charge in [-0.15, -0.1) is 11.3 Å². The van der Waals surface area contributed by atoms with Crippen LogP contribution in [-0.2, 0) is 4.79 Å². The van der Waals surface area contributed by atoms with Gasteiger partial charge in [-0.1, -0.05) is 0 Å². The van der Waals surface area contributed by atoms with Crippen molar-refractivity contribution in [3.8, 4) is 0 Å². The molecule has 0 aliphatic rings. The number of nitrogens with one attached hydrogen (secondary N) is 2. The molecular weight excluding hydrogens is 298 g/mol. The largest absolute Gasteiger partial charge is 0.480 e. The summed E-state index contributed by atoms with van der Waals surface area (Å²) in [6.45, 7) is 3.76. The topological polar surface area (TPSA) is 91.3 Å². The summed E-state index contributed by atoms with van der Waals surface area (Å²) in [6.07, 6.45) is 4.04. The molecule has 1 aromatic heterocycles. The Morgan fingerprint density at radius 2 is 2.20 bits per heavy atom. The summed E-state index contributed by atoms with van der Waals surface area (Å²) in [5.74, 6) is -0.342. The molecule has 6 nitrogen and oxygen atoms in total. The third-order valence-electron chi connectivity index (χ3n) is 2.57. The van der Waals surface area contributed by atoms with Crippen LogP contribution in [0.3, 0.4) is 0 Å². The Balaban J connectivity index is 2.50. The number of hydrogen-bond acceptors (Lipinski definition) is 5. The summed E-state index contributed by atoms with van der Waals surface area (Å²) in [6, 6.07) is -1.60. The van der Waals surface area contributed by atoms with E-state index in [9.17, 15) is 9.59 Å². The summed E-state index contributed by atoms with van der Waals surface area (Å²) >= 11 is 3.05. The van der Waals surface area contributed by atoms with E-state index in [0.717, 1.165) is 9.88 Å². The normalized spacial score (nSPS) is 13.6. The SMILES string of the molecule is CSCCC(NC(=O)NC(C)c1ncc(C)s1)C(=O)O. The van der Waals surface area contributed by atoms with Crippen LogP contribution in [0.2, 0.25) is 0 Å². The molecule has 0 saturated heterocycles. The zero-order chi connectivity index (χ0) is 15.1. The van der Waals surface area contributed by atoms with Gasteiger partial charge in [0, 0.05) is 11.1 Å². The lowest BCUT2D eigenvalue weighted by Crippen LogP contribution is -2.46. The van der Waals surface area contributed by atoms with Gasteiger partial charge in [0.25, 0.3) is 0 Å². The minimum absolute atomic E-state index is 0.247. The summed E-state index contributed by atoms with van der Waals surface area (Å²) in [5.41, 5.74) is 0. The van der Waals surface area contributed by atoms with Crippen molar-refractivity contribution in [3.63, 3.8) is 0 Å². The van der Waals surface area contributed by atoms with Crippen molar-refractivity contribution in [2.75, 3.05) is 12.0 Å². The Labute approximate surface area is 126 Å². The van der Waals surface area contributed by atoms with Crippen molar-refractivity contribution >= 4 is 35.1 Å². The van der Waals surface area contributed by atoms with Gasteiger partial charge >= 0.3 is 12.0 Å². The smallest absolute Gasteiger partial charge is 0.326 e. The van der Waals surface area contributed by atoms with Crippen molar-refractivity contribution in [1.82, 2.24) is 15.6 Å². The summed E-state index contributed by atoms with van der Waals surface area (Å²) in [4.78, 5) is 28.1. The number of urea groups is 1. The van der Waals surface area contributed by atoms with Crippen LogP contribution in [0.5, 0.6) is 0 Å². The lowest BCUT2D eigenvalue weighted by Gasteiger charge is -2.17. The van der Waals surface area contributed by atoms with Crippen LogP contribution in [0.25, 0.3) is 0 Å². The molecule has 0 fully saturated rings. The van der Waals surface area contributed by atoms with Gasteiger partial charge in [-0.2, -0.15) is 11.8 Å². The number of hydrogen-bond donors (Lipinski definition) is 3. The first-order valence-corrected chi connectivity index (χ1v) is 8.36. The Bertz CT molecular complexity index is 465. The van der Waals surface area contributed by atoms with Crippen molar-refractivity contribution in [3.05, 3.63) is 16.1 Å². The van der Waals surface area contributed by atoms with E-state index in [4.69, 9.17) is 5.11 Å². The molecule has 0 aliphatic heterocycles. The summed E-state index contributed by atoms with van der Waals surface area (Å²) in [7, 11) is 0. The molecule has 0 bridgehead atoms. The second-order valence-electron chi connectivity index (χ2n) is 4.32. The van der Waals surface area contributed by atoms with Crippen LogP contribution in [0.15, 0.2) is 6.20 Å². The van der Waals surface area contributed by atoms with E-state index >= 15 is 0 Å². The number of carboxylic acids is 1. The van der Waals surface area contributed by atoms with Crippen LogP contribution in [-0.4, -0.2) is 40.1 Å². The molecule has 2 unspecified atom stereocenters. The number of thiazole rings is 1. The van der Waals surface area contributed by atoms with Gasteiger partial charge in [-0.05, 0) is 32.3 Å². The molecule has 2 atom stereocenters. The number of thioether (sulfide) groups is 1. The fourth-order valence-electron chi connectivity index (χ4n) is 1.52. The number of nitrogens with zero attached hydrogens (tertiary/aromatic N) is 1. The van der Waals surface area contributed by atoms with Gasteiger partial charge in [-0.3, -0.25) is 0 Å². The van der Waals surface area contributed by atoms with E-state index in [1.165, 1.54) is 11.3 Å². The lowest BCUT2D eigenvalue weighted by atomic mass is 10.2. The molecular formula is C12H19N3O3S2. The highest BCUT2D eigenvalue weighted by Gasteiger charge is 2.21. The second-order valence-corrected chi connectivity index (χ2v) is 6.57. The molecule has 112 valence electrons. The fourth-order valence-corrected chi connectivity index (χ4v) is 2.77. The number of carboxylic acid groups (broad SMARTS) is 1. The minimum atomic E-state index is -1.02. The lowest BCUT2D eigenvalue weighted by molar-refractivity contribution is -0.139. The zero-order valence-electron chi connectivity index (χ0n) is 11.7. The maximum absolute atomic E-state index is 11.8. The number of aromatic nitrogens is 1. The van der Waals surface area contributed by atoms with E-state index in [-0.39, 0.29) is 6.04 Å². The van der Waals surface area contributed by atoms with Gasteiger partial charge < -0.3 is 15.7 Å². The highest BCUT2D eigenvalue weighted by atomic mass is 32.2. The van der Waals surface area contributed by atoms with Gasteiger partial charge in [0.2, 0.25) is 0 Å². The average molecular weight is 317 g/mol. The Morgan fingerprint density at radius 3 is 2.70 bits per heavy atom. The molecule has 0 spiro atoms. The Kier molecular flexibility index (Phi) is 6.80. The third kappa shape index (κ3) is 5.38. The maximum Gasteiger partial charge on any atom is 0.326 e. The number of carbonyl (C=O) groups excluding carboxylic acids is 1. The Hall–Kier alpha value is -1.28. The van der Waals surface area contributed by atoms with Crippen LogP contribution in [0.4, 0.5) is 4.79 Å². The number of carbonyl (C=O) groups is 2. The molecule has 0 radical (unpaired) electrons. The number of aliphatic carboxylic acids is 1. The van der Waals surface area contributed by atoms with Crippen LogP contribution < -0.4 is 10.6 Å². The van der Waals surface area contributed by atoms with E-state index in [2.05, 4.69) is 15.6 Å². The second kappa shape index (κ2) is 8.11.